The average molecular weight is 439 g/mol. The van der Waals surface area contributed by atoms with Gasteiger partial charge in [0.15, 0.2) is 0 Å². The summed E-state index contributed by atoms with van der Waals surface area (Å²) in [4.78, 5) is 17.2. The molecular formula is C24H26FN3O4. The van der Waals surface area contributed by atoms with Gasteiger partial charge in [0.2, 0.25) is 5.88 Å². The van der Waals surface area contributed by atoms with Crippen LogP contribution in [0.15, 0.2) is 40.9 Å². The molecule has 4 rings (SSSR count). The SMILES string of the molecule is Cc1onc(-c2ccc(F)cc2)c1CC(C)(C)COc1ccc2c(n1)CCN(C(=O)O)C2. The normalized spacial score (nSPS) is 13.7. The van der Waals surface area contributed by atoms with Crippen molar-refractivity contribution in [2.24, 2.45) is 5.41 Å². The molecule has 0 fully saturated rings. The highest BCUT2D eigenvalue weighted by atomic mass is 19.1. The van der Waals surface area contributed by atoms with Gasteiger partial charge in [-0.25, -0.2) is 14.2 Å². The number of halogens is 1. The number of hydrogen-bond donors (Lipinski definition) is 1. The van der Waals surface area contributed by atoms with Crippen LogP contribution in [0.25, 0.3) is 11.3 Å². The molecule has 168 valence electrons. The molecule has 32 heavy (non-hydrogen) atoms. The van der Waals surface area contributed by atoms with E-state index in [-0.39, 0.29) is 11.2 Å². The van der Waals surface area contributed by atoms with E-state index in [0.29, 0.717) is 44.1 Å². The Hall–Kier alpha value is -3.42. The smallest absolute Gasteiger partial charge is 0.407 e. The van der Waals surface area contributed by atoms with Crippen molar-refractivity contribution in [3.8, 4) is 17.1 Å². The number of aromatic nitrogens is 2. The van der Waals surface area contributed by atoms with Gasteiger partial charge in [-0.1, -0.05) is 25.1 Å². The number of amides is 1. The molecular weight excluding hydrogens is 413 g/mol. The number of pyridine rings is 1. The van der Waals surface area contributed by atoms with Gasteiger partial charge in [0.25, 0.3) is 0 Å². The molecule has 1 amide bonds. The lowest BCUT2D eigenvalue weighted by atomic mass is 9.85. The Balaban J connectivity index is 1.44. The molecule has 0 aliphatic carbocycles. The van der Waals surface area contributed by atoms with Crippen molar-refractivity contribution in [3.05, 3.63) is 64.8 Å². The lowest BCUT2D eigenvalue weighted by molar-refractivity contribution is 0.139. The molecule has 2 aromatic heterocycles. The van der Waals surface area contributed by atoms with Gasteiger partial charge in [-0.2, -0.15) is 0 Å². The highest BCUT2D eigenvalue weighted by molar-refractivity contribution is 5.65. The summed E-state index contributed by atoms with van der Waals surface area (Å²) in [6.07, 6.45) is 0.318. The maximum atomic E-state index is 13.3. The fraction of sp³-hybridized carbons (Fsp3) is 0.375. The molecule has 1 aliphatic heterocycles. The number of carbonyl (C=O) groups is 1. The van der Waals surface area contributed by atoms with Crippen LogP contribution in [0.5, 0.6) is 5.88 Å². The molecule has 0 unspecified atom stereocenters. The lowest BCUT2D eigenvalue weighted by Gasteiger charge is -2.27. The molecule has 0 spiro atoms. The lowest BCUT2D eigenvalue weighted by Crippen LogP contribution is -2.35. The van der Waals surface area contributed by atoms with Crippen LogP contribution in [0.1, 0.15) is 36.4 Å². The predicted octanol–water partition coefficient (Wildman–Crippen LogP) is 4.87. The summed E-state index contributed by atoms with van der Waals surface area (Å²) in [5, 5.41) is 13.4. The molecule has 0 radical (unpaired) electrons. The highest BCUT2D eigenvalue weighted by Gasteiger charge is 2.27. The first kappa shape index (κ1) is 21.8. The monoisotopic (exact) mass is 439 g/mol. The fourth-order valence-corrected chi connectivity index (χ4v) is 3.87. The average Bonchev–Trinajstić information content (AvgIpc) is 3.12. The van der Waals surface area contributed by atoms with E-state index in [0.717, 1.165) is 28.1 Å². The summed E-state index contributed by atoms with van der Waals surface area (Å²) in [5.74, 6) is 0.964. The van der Waals surface area contributed by atoms with E-state index >= 15 is 0 Å². The predicted molar refractivity (Wildman–Crippen MR) is 116 cm³/mol. The third-order valence-corrected chi connectivity index (χ3v) is 5.66. The van der Waals surface area contributed by atoms with Crippen molar-refractivity contribution in [1.29, 1.82) is 0 Å². The maximum Gasteiger partial charge on any atom is 0.407 e. The maximum absolute atomic E-state index is 13.3. The van der Waals surface area contributed by atoms with Crippen molar-refractivity contribution in [1.82, 2.24) is 15.0 Å². The second kappa shape index (κ2) is 8.61. The first-order valence-corrected chi connectivity index (χ1v) is 10.5. The van der Waals surface area contributed by atoms with Gasteiger partial charge in [-0.3, -0.25) is 0 Å². The second-order valence-electron chi connectivity index (χ2n) is 8.91. The number of nitrogens with zero attached hydrogens (tertiary/aromatic N) is 3. The number of aryl methyl sites for hydroxylation is 1. The van der Waals surface area contributed by atoms with Gasteiger partial charge in [-0.15, -0.1) is 0 Å². The molecule has 8 heteroatoms. The van der Waals surface area contributed by atoms with E-state index in [2.05, 4.69) is 24.0 Å². The molecule has 3 heterocycles. The van der Waals surface area contributed by atoms with E-state index in [1.807, 2.05) is 13.0 Å². The number of hydrogen-bond acceptors (Lipinski definition) is 5. The van der Waals surface area contributed by atoms with Crippen molar-refractivity contribution in [2.45, 2.75) is 40.2 Å². The number of ether oxygens (including phenoxy) is 1. The van der Waals surface area contributed by atoms with Crippen molar-refractivity contribution >= 4 is 6.09 Å². The minimum atomic E-state index is -0.915. The van der Waals surface area contributed by atoms with Gasteiger partial charge in [-0.05, 0) is 43.2 Å². The zero-order valence-corrected chi connectivity index (χ0v) is 18.4. The first-order chi connectivity index (χ1) is 15.2. The molecule has 0 saturated heterocycles. The number of fused-ring (bicyclic) bond motifs is 1. The van der Waals surface area contributed by atoms with Crippen molar-refractivity contribution in [2.75, 3.05) is 13.2 Å². The summed E-state index contributed by atoms with van der Waals surface area (Å²) in [7, 11) is 0. The van der Waals surface area contributed by atoms with Crippen LogP contribution in [0.3, 0.4) is 0 Å². The van der Waals surface area contributed by atoms with Crippen LogP contribution in [0.2, 0.25) is 0 Å². The topological polar surface area (TPSA) is 88.7 Å². The Morgan fingerprint density at radius 1 is 1.25 bits per heavy atom. The molecule has 0 saturated carbocycles. The minimum absolute atomic E-state index is 0.247. The Kier molecular flexibility index (Phi) is 5.86. The summed E-state index contributed by atoms with van der Waals surface area (Å²) >= 11 is 0. The van der Waals surface area contributed by atoms with E-state index in [9.17, 15) is 14.3 Å². The molecule has 0 atom stereocenters. The van der Waals surface area contributed by atoms with Crippen LogP contribution >= 0.6 is 0 Å². The van der Waals surface area contributed by atoms with E-state index in [4.69, 9.17) is 9.26 Å². The Morgan fingerprint density at radius 2 is 2.00 bits per heavy atom. The Bertz CT molecular complexity index is 1120. The van der Waals surface area contributed by atoms with Crippen LogP contribution in [-0.2, 0) is 19.4 Å². The Morgan fingerprint density at radius 3 is 2.72 bits per heavy atom. The van der Waals surface area contributed by atoms with Crippen LogP contribution in [0, 0.1) is 18.2 Å². The van der Waals surface area contributed by atoms with Crippen molar-refractivity contribution in [3.63, 3.8) is 0 Å². The summed E-state index contributed by atoms with van der Waals surface area (Å²) in [6, 6.07) is 9.89. The largest absolute Gasteiger partial charge is 0.477 e. The van der Waals surface area contributed by atoms with Gasteiger partial charge < -0.3 is 19.3 Å². The van der Waals surface area contributed by atoms with Gasteiger partial charge in [0.1, 0.15) is 17.3 Å². The zero-order valence-electron chi connectivity index (χ0n) is 18.4. The summed E-state index contributed by atoms with van der Waals surface area (Å²) in [6.45, 7) is 7.27. The summed E-state index contributed by atoms with van der Waals surface area (Å²) in [5.41, 5.74) is 4.04. The van der Waals surface area contributed by atoms with Crippen molar-refractivity contribution < 1.29 is 23.6 Å². The second-order valence-corrected chi connectivity index (χ2v) is 8.91. The molecule has 0 bridgehead atoms. The number of carboxylic acid groups (broad SMARTS) is 1. The van der Waals surface area contributed by atoms with Crippen LogP contribution in [0.4, 0.5) is 9.18 Å². The molecule has 1 N–H and O–H groups in total. The number of rotatable bonds is 6. The zero-order chi connectivity index (χ0) is 22.9. The minimum Gasteiger partial charge on any atom is -0.477 e. The third kappa shape index (κ3) is 4.74. The molecule has 1 aliphatic rings. The van der Waals surface area contributed by atoms with Gasteiger partial charge in [0.05, 0.1) is 18.8 Å². The van der Waals surface area contributed by atoms with E-state index in [1.54, 1.807) is 18.2 Å². The summed E-state index contributed by atoms with van der Waals surface area (Å²) < 4.78 is 24.8. The first-order valence-electron chi connectivity index (χ1n) is 10.5. The molecule has 1 aromatic carbocycles. The Labute approximate surface area is 185 Å². The van der Waals surface area contributed by atoms with Crippen LogP contribution < -0.4 is 4.74 Å². The van der Waals surface area contributed by atoms with Gasteiger partial charge >= 0.3 is 6.09 Å². The van der Waals surface area contributed by atoms with E-state index in [1.165, 1.54) is 17.0 Å². The molecule has 7 nitrogen and oxygen atoms in total. The van der Waals surface area contributed by atoms with E-state index < -0.39 is 6.09 Å². The highest BCUT2D eigenvalue weighted by Crippen LogP contribution is 2.32. The number of benzene rings is 1. The quantitative estimate of drug-likeness (QED) is 0.590. The third-order valence-electron chi connectivity index (χ3n) is 5.66. The standard InChI is InChI=1S/C24H26FN3O4/c1-15-19(22(27-32-15)16-4-7-18(25)8-5-16)12-24(2,3)14-31-21-9-6-17-13-28(23(29)30)11-10-20(17)26-21/h4-9H,10-14H2,1-3H3,(H,29,30). The van der Waals surface area contributed by atoms with Gasteiger partial charge in [0, 0.05) is 35.6 Å². The fourth-order valence-electron chi connectivity index (χ4n) is 3.87. The molecule has 3 aromatic rings. The van der Waals surface area contributed by atoms with Crippen LogP contribution in [-0.4, -0.2) is 39.4 Å².